The molecule has 0 aliphatic heterocycles. The van der Waals surface area contributed by atoms with Crippen LogP contribution in [0.4, 0.5) is 5.69 Å². The summed E-state index contributed by atoms with van der Waals surface area (Å²) in [6.45, 7) is 0. The van der Waals surface area contributed by atoms with Crippen molar-refractivity contribution in [2.24, 2.45) is 0 Å². The molecule has 0 aliphatic rings. The van der Waals surface area contributed by atoms with Crippen LogP contribution in [-0.2, 0) is 0 Å². The smallest absolute Gasteiger partial charge is 0.336 e. The Hall–Kier alpha value is -2.82. The van der Waals surface area contributed by atoms with E-state index in [2.05, 4.69) is 0 Å². The van der Waals surface area contributed by atoms with Crippen molar-refractivity contribution in [3.8, 4) is 5.75 Å². The normalized spacial score (nSPS) is 10.1. The summed E-state index contributed by atoms with van der Waals surface area (Å²) in [7, 11) is 5.09. The van der Waals surface area contributed by atoms with E-state index < -0.39 is 5.97 Å². The molecule has 0 radical (unpaired) electrons. The van der Waals surface area contributed by atoms with E-state index in [1.54, 1.807) is 35.2 Å². The van der Waals surface area contributed by atoms with Crippen LogP contribution in [-0.4, -0.2) is 38.1 Å². The molecule has 2 aromatic rings. The Morgan fingerprint density at radius 3 is 2.27 bits per heavy atom. The molecule has 0 saturated heterocycles. The first-order chi connectivity index (χ1) is 10.5. The Labute approximate surface area is 128 Å². The molecule has 0 spiro atoms. The summed E-state index contributed by atoms with van der Waals surface area (Å²) >= 11 is 0. The van der Waals surface area contributed by atoms with Crippen molar-refractivity contribution in [3.63, 3.8) is 0 Å². The molecule has 0 bridgehead atoms. The lowest BCUT2D eigenvalue weighted by Crippen LogP contribution is -2.14. The number of nitrogens with zero attached hydrogens (tertiary/aromatic N) is 1. The lowest BCUT2D eigenvalue weighted by molar-refractivity contribution is 0.0692. The first-order valence-electron chi connectivity index (χ1n) is 6.68. The van der Waals surface area contributed by atoms with Gasteiger partial charge in [0, 0.05) is 25.3 Å². The van der Waals surface area contributed by atoms with Crippen LogP contribution >= 0.6 is 0 Å². The van der Waals surface area contributed by atoms with E-state index in [1.165, 1.54) is 19.2 Å². The molecule has 0 aromatic heterocycles. The molecule has 1 N–H and O–H groups in total. The van der Waals surface area contributed by atoms with Gasteiger partial charge in [-0.2, -0.15) is 0 Å². The Kier molecular flexibility index (Phi) is 4.46. The van der Waals surface area contributed by atoms with Crippen LogP contribution in [0.1, 0.15) is 26.3 Å². The van der Waals surface area contributed by atoms with E-state index in [0.717, 1.165) is 0 Å². The number of hydrogen-bond acceptors (Lipinski definition) is 4. The van der Waals surface area contributed by atoms with Gasteiger partial charge in [-0.1, -0.05) is 12.1 Å². The number of carbonyl (C=O) groups excluding carboxylic acids is 1. The van der Waals surface area contributed by atoms with Gasteiger partial charge in [0.2, 0.25) is 0 Å². The van der Waals surface area contributed by atoms with Crippen LogP contribution in [0, 0.1) is 0 Å². The molecule has 0 aliphatic carbocycles. The molecule has 0 unspecified atom stereocenters. The average Bonchev–Trinajstić information content (AvgIpc) is 2.53. The molecule has 22 heavy (non-hydrogen) atoms. The lowest BCUT2D eigenvalue weighted by Gasteiger charge is -2.15. The highest BCUT2D eigenvalue weighted by atomic mass is 16.5. The second-order valence-electron chi connectivity index (χ2n) is 4.96. The largest absolute Gasteiger partial charge is 0.496 e. The molecule has 0 fully saturated rings. The fourth-order valence-electron chi connectivity index (χ4n) is 2.16. The Bertz CT molecular complexity index is 722. The molecule has 0 saturated carbocycles. The number of ketones is 1. The van der Waals surface area contributed by atoms with Crippen molar-refractivity contribution in [2.75, 3.05) is 26.1 Å². The number of carboxylic acid groups (broad SMARTS) is 1. The van der Waals surface area contributed by atoms with Gasteiger partial charge in [-0.15, -0.1) is 0 Å². The lowest BCUT2D eigenvalue weighted by atomic mass is 9.97. The number of anilines is 1. The number of carbonyl (C=O) groups is 2. The van der Waals surface area contributed by atoms with E-state index in [-0.39, 0.29) is 16.9 Å². The third kappa shape index (κ3) is 2.93. The average molecular weight is 299 g/mol. The van der Waals surface area contributed by atoms with Crippen molar-refractivity contribution in [2.45, 2.75) is 0 Å². The standard InChI is InChI=1S/C17H17NO4/c1-18(2)11-8-9-12(14(10-11)17(20)21)16(19)13-6-4-5-7-15(13)22-3/h4-10H,1-3H3,(H,20,21). The number of methoxy groups -OCH3 is 1. The maximum absolute atomic E-state index is 12.7. The van der Waals surface area contributed by atoms with E-state index in [4.69, 9.17) is 4.74 Å². The molecule has 114 valence electrons. The highest BCUT2D eigenvalue weighted by Crippen LogP contribution is 2.25. The van der Waals surface area contributed by atoms with E-state index in [9.17, 15) is 14.7 Å². The van der Waals surface area contributed by atoms with Gasteiger partial charge in [0.05, 0.1) is 18.2 Å². The second kappa shape index (κ2) is 6.30. The van der Waals surface area contributed by atoms with Crippen LogP contribution in [0.2, 0.25) is 0 Å². The van der Waals surface area contributed by atoms with E-state index >= 15 is 0 Å². The van der Waals surface area contributed by atoms with Crippen LogP contribution in [0.15, 0.2) is 42.5 Å². The minimum atomic E-state index is -1.14. The topological polar surface area (TPSA) is 66.8 Å². The van der Waals surface area contributed by atoms with Gasteiger partial charge in [-0.05, 0) is 30.3 Å². The molecule has 2 aromatic carbocycles. The summed E-state index contributed by atoms with van der Waals surface area (Å²) in [5.41, 5.74) is 1.17. The van der Waals surface area contributed by atoms with Gasteiger partial charge < -0.3 is 14.7 Å². The van der Waals surface area contributed by atoms with Crippen molar-refractivity contribution >= 4 is 17.4 Å². The first-order valence-corrected chi connectivity index (χ1v) is 6.68. The maximum Gasteiger partial charge on any atom is 0.336 e. The molecule has 2 rings (SSSR count). The van der Waals surface area contributed by atoms with Gasteiger partial charge in [-0.3, -0.25) is 4.79 Å². The van der Waals surface area contributed by atoms with Crippen molar-refractivity contribution in [3.05, 3.63) is 59.2 Å². The van der Waals surface area contributed by atoms with Crippen molar-refractivity contribution < 1.29 is 19.4 Å². The number of benzene rings is 2. The quantitative estimate of drug-likeness (QED) is 0.860. The molecule has 0 atom stereocenters. The monoisotopic (exact) mass is 299 g/mol. The molecular weight excluding hydrogens is 282 g/mol. The number of carboxylic acids is 1. The molecule has 0 amide bonds. The minimum absolute atomic E-state index is 0.0258. The highest BCUT2D eigenvalue weighted by molar-refractivity contribution is 6.15. The number of aromatic carboxylic acids is 1. The number of para-hydroxylation sites is 1. The summed E-state index contributed by atoms with van der Waals surface area (Å²) in [4.78, 5) is 25.9. The van der Waals surface area contributed by atoms with Gasteiger partial charge in [0.25, 0.3) is 0 Å². The summed E-state index contributed by atoms with van der Waals surface area (Å²) in [6, 6.07) is 11.5. The van der Waals surface area contributed by atoms with Gasteiger partial charge in [0.15, 0.2) is 5.78 Å². The number of ether oxygens (including phenoxy) is 1. The number of rotatable bonds is 5. The zero-order chi connectivity index (χ0) is 16.3. The summed E-state index contributed by atoms with van der Waals surface area (Å²) in [5.74, 6) is -1.09. The van der Waals surface area contributed by atoms with Crippen LogP contribution in [0.5, 0.6) is 5.75 Å². The van der Waals surface area contributed by atoms with E-state index in [0.29, 0.717) is 17.0 Å². The predicted molar refractivity (Wildman–Crippen MR) is 84.2 cm³/mol. The Morgan fingerprint density at radius 2 is 1.68 bits per heavy atom. The highest BCUT2D eigenvalue weighted by Gasteiger charge is 2.21. The predicted octanol–water partition coefficient (Wildman–Crippen LogP) is 2.69. The van der Waals surface area contributed by atoms with E-state index in [1.807, 2.05) is 14.1 Å². The Morgan fingerprint density at radius 1 is 1.00 bits per heavy atom. The molecule has 5 nitrogen and oxygen atoms in total. The zero-order valence-electron chi connectivity index (χ0n) is 12.7. The third-order valence-electron chi connectivity index (χ3n) is 3.35. The van der Waals surface area contributed by atoms with Crippen LogP contribution in [0.3, 0.4) is 0 Å². The van der Waals surface area contributed by atoms with Gasteiger partial charge in [-0.25, -0.2) is 4.79 Å². The molecule has 5 heteroatoms. The van der Waals surface area contributed by atoms with Crippen molar-refractivity contribution in [1.29, 1.82) is 0 Å². The second-order valence-corrected chi connectivity index (χ2v) is 4.96. The maximum atomic E-state index is 12.7. The zero-order valence-corrected chi connectivity index (χ0v) is 12.7. The number of hydrogen-bond donors (Lipinski definition) is 1. The summed E-state index contributed by atoms with van der Waals surface area (Å²) < 4.78 is 5.17. The van der Waals surface area contributed by atoms with Gasteiger partial charge >= 0.3 is 5.97 Å². The first kappa shape index (κ1) is 15.6. The molecule has 0 heterocycles. The third-order valence-corrected chi connectivity index (χ3v) is 3.35. The fourth-order valence-corrected chi connectivity index (χ4v) is 2.16. The minimum Gasteiger partial charge on any atom is -0.496 e. The van der Waals surface area contributed by atoms with Gasteiger partial charge in [0.1, 0.15) is 5.75 Å². The van der Waals surface area contributed by atoms with Crippen LogP contribution in [0.25, 0.3) is 0 Å². The van der Waals surface area contributed by atoms with Crippen LogP contribution < -0.4 is 9.64 Å². The molecular formula is C17H17NO4. The SMILES string of the molecule is COc1ccccc1C(=O)c1ccc(N(C)C)cc1C(=O)O. The summed E-state index contributed by atoms with van der Waals surface area (Å²) in [6.07, 6.45) is 0. The Balaban J connectivity index is 2.56. The van der Waals surface area contributed by atoms with Crippen molar-refractivity contribution in [1.82, 2.24) is 0 Å². The summed E-state index contributed by atoms with van der Waals surface area (Å²) in [5, 5.41) is 9.39. The fraction of sp³-hybridized carbons (Fsp3) is 0.176.